The molecule has 19 heavy (non-hydrogen) atoms. The van der Waals surface area contributed by atoms with Crippen molar-refractivity contribution in [3.8, 4) is 0 Å². The van der Waals surface area contributed by atoms with Crippen molar-refractivity contribution in [2.24, 2.45) is 0 Å². The average Bonchev–Trinajstić information content (AvgIpc) is 2.42. The Hall–Kier alpha value is -1.54. The highest BCUT2D eigenvalue weighted by atomic mass is 79.9. The lowest BCUT2D eigenvalue weighted by molar-refractivity contribution is 1.28. The molecule has 0 saturated carbocycles. The molecule has 1 nitrogen and oxygen atoms in total. The molecule has 0 saturated heterocycles. The molecule has 0 radical (unpaired) electrons. The summed E-state index contributed by atoms with van der Waals surface area (Å²) in [5.41, 5.74) is 4.91. The molecule has 0 aliphatic carbocycles. The number of benzene rings is 2. The van der Waals surface area contributed by atoms with Gasteiger partial charge in [0.15, 0.2) is 0 Å². The fraction of sp³-hybridized carbons (Fsp3) is 0.176. The summed E-state index contributed by atoms with van der Waals surface area (Å²) >= 11 is 3.58. The molecule has 2 aromatic rings. The Kier molecular flexibility index (Phi) is 4.80. The summed E-state index contributed by atoms with van der Waals surface area (Å²) in [7, 11) is 0. The predicted octanol–water partition coefficient (Wildman–Crippen LogP) is 5.19. The van der Waals surface area contributed by atoms with Gasteiger partial charge in [-0.05, 0) is 42.7 Å². The van der Waals surface area contributed by atoms with Crippen molar-refractivity contribution in [3.05, 3.63) is 69.7 Å². The summed E-state index contributed by atoms with van der Waals surface area (Å²) in [6.07, 6.45) is 4.27. The van der Waals surface area contributed by atoms with Gasteiger partial charge in [-0.1, -0.05) is 58.4 Å². The van der Waals surface area contributed by atoms with Crippen molar-refractivity contribution in [3.63, 3.8) is 0 Å². The maximum Gasteiger partial charge on any atom is 0.0348 e. The minimum atomic E-state index is 0.829. The van der Waals surface area contributed by atoms with Gasteiger partial charge in [0.2, 0.25) is 0 Å². The highest BCUT2D eigenvalue weighted by Gasteiger charge is 2.00. The first-order valence-corrected chi connectivity index (χ1v) is 7.18. The molecule has 0 atom stereocenters. The van der Waals surface area contributed by atoms with Gasteiger partial charge in [0, 0.05) is 16.7 Å². The Bertz CT molecular complexity index is 550. The number of rotatable bonds is 4. The number of halogens is 1. The highest BCUT2D eigenvalue weighted by Crippen LogP contribution is 2.24. The predicted molar refractivity (Wildman–Crippen MR) is 87.6 cm³/mol. The maximum atomic E-state index is 3.58. The third-order valence-corrected chi connectivity index (χ3v) is 4.22. The number of anilines is 1. The zero-order chi connectivity index (χ0) is 13.7. The number of nitrogens with one attached hydrogen (secondary N) is 1. The van der Waals surface area contributed by atoms with Gasteiger partial charge in [-0.3, -0.25) is 0 Å². The standard InChI is InChI=1S/C17H18BrN/c1-13-11-16(12-14(2)17(13)18)19-10-6-9-15-7-4-3-5-8-15/h3-9,11-12,19H,10H2,1-2H3/b9-6+. The third-order valence-electron chi connectivity index (χ3n) is 2.97. The zero-order valence-electron chi connectivity index (χ0n) is 11.3. The summed E-state index contributed by atoms with van der Waals surface area (Å²) in [5, 5.41) is 3.42. The minimum absolute atomic E-state index is 0.829. The topological polar surface area (TPSA) is 12.0 Å². The van der Waals surface area contributed by atoms with E-state index in [-0.39, 0.29) is 0 Å². The summed E-state index contributed by atoms with van der Waals surface area (Å²) in [6.45, 7) is 5.06. The first kappa shape index (κ1) is 13.9. The molecule has 2 rings (SSSR count). The van der Waals surface area contributed by atoms with Crippen molar-refractivity contribution >= 4 is 27.7 Å². The molecular formula is C17H18BrN. The van der Waals surface area contributed by atoms with Crippen LogP contribution in [-0.2, 0) is 0 Å². The van der Waals surface area contributed by atoms with Crippen LogP contribution in [-0.4, -0.2) is 6.54 Å². The van der Waals surface area contributed by atoms with E-state index in [4.69, 9.17) is 0 Å². The molecule has 0 bridgehead atoms. The molecule has 0 aliphatic heterocycles. The summed E-state index contributed by atoms with van der Waals surface area (Å²) in [6, 6.07) is 14.7. The lowest BCUT2D eigenvalue weighted by Crippen LogP contribution is -1.99. The van der Waals surface area contributed by atoms with Crippen LogP contribution in [0, 0.1) is 13.8 Å². The van der Waals surface area contributed by atoms with E-state index >= 15 is 0 Å². The quantitative estimate of drug-likeness (QED) is 0.818. The normalized spacial score (nSPS) is 10.9. The van der Waals surface area contributed by atoms with E-state index < -0.39 is 0 Å². The molecule has 0 aromatic heterocycles. The molecule has 0 spiro atoms. The van der Waals surface area contributed by atoms with Crippen LogP contribution in [0.2, 0.25) is 0 Å². The minimum Gasteiger partial charge on any atom is -0.382 e. The van der Waals surface area contributed by atoms with E-state index in [9.17, 15) is 0 Å². The van der Waals surface area contributed by atoms with Gasteiger partial charge >= 0.3 is 0 Å². The molecule has 0 heterocycles. The van der Waals surface area contributed by atoms with Gasteiger partial charge in [0.1, 0.15) is 0 Å². The van der Waals surface area contributed by atoms with Gasteiger partial charge in [-0.2, -0.15) is 0 Å². The van der Waals surface area contributed by atoms with Crippen molar-refractivity contribution in [1.82, 2.24) is 0 Å². The fourth-order valence-corrected chi connectivity index (χ4v) is 2.21. The van der Waals surface area contributed by atoms with Crippen LogP contribution in [0.3, 0.4) is 0 Å². The van der Waals surface area contributed by atoms with Crippen molar-refractivity contribution in [2.45, 2.75) is 13.8 Å². The first-order valence-electron chi connectivity index (χ1n) is 6.39. The number of hydrogen-bond acceptors (Lipinski definition) is 1. The SMILES string of the molecule is Cc1cc(NC/C=C/c2ccccc2)cc(C)c1Br. The first-order chi connectivity index (χ1) is 9.16. The summed E-state index contributed by atoms with van der Waals surface area (Å²) in [4.78, 5) is 0. The number of hydrogen-bond donors (Lipinski definition) is 1. The van der Waals surface area contributed by atoms with E-state index in [1.807, 2.05) is 6.07 Å². The molecule has 2 aromatic carbocycles. The Morgan fingerprint density at radius 2 is 1.68 bits per heavy atom. The molecule has 1 N–H and O–H groups in total. The van der Waals surface area contributed by atoms with Gasteiger partial charge < -0.3 is 5.32 Å². The lowest BCUT2D eigenvalue weighted by Gasteiger charge is -2.09. The molecule has 98 valence electrons. The van der Waals surface area contributed by atoms with E-state index in [1.54, 1.807) is 0 Å². The van der Waals surface area contributed by atoms with E-state index in [0.717, 1.165) is 12.2 Å². The largest absolute Gasteiger partial charge is 0.382 e. The Balaban J connectivity index is 1.95. The molecule has 0 aliphatic rings. The van der Waals surface area contributed by atoms with Crippen LogP contribution in [0.1, 0.15) is 16.7 Å². The Labute approximate surface area is 123 Å². The van der Waals surface area contributed by atoms with Crippen LogP contribution in [0.4, 0.5) is 5.69 Å². The van der Waals surface area contributed by atoms with Crippen LogP contribution in [0.15, 0.2) is 53.0 Å². The van der Waals surface area contributed by atoms with E-state index in [0.29, 0.717) is 0 Å². The summed E-state index contributed by atoms with van der Waals surface area (Å²) in [5.74, 6) is 0. The molecule has 0 fully saturated rings. The van der Waals surface area contributed by atoms with Gasteiger partial charge in [-0.15, -0.1) is 0 Å². The summed E-state index contributed by atoms with van der Waals surface area (Å²) < 4.78 is 1.19. The molecular weight excluding hydrogens is 298 g/mol. The molecule has 0 amide bonds. The van der Waals surface area contributed by atoms with Gasteiger partial charge in [0.05, 0.1) is 0 Å². The van der Waals surface area contributed by atoms with Crippen molar-refractivity contribution in [2.75, 3.05) is 11.9 Å². The van der Waals surface area contributed by atoms with Crippen LogP contribution >= 0.6 is 15.9 Å². The number of aryl methyl sites for hydroxylation is 2. The second-order valence-corrected chi connectivity index (χ2v) is 5.41. The van der Waals surface area contributed by atoms with Crippen molar-refractivity contribution in [1.29, 1.82) is 0 Å². The monoisotopic (exact) mass is 315 g/mol. The smallest absolute Gasteiger partial charge is 0.0348 e. The second kappa shape index (κ2) is 6.58. The average molecular weight is 316 g/mol. The molecule has 2 heteroatoms. The maximum absolute atomic E-state index is 3.58. The van der Waals surface area contributed by atoms with Crippen LogP contribution in [0.5, 0.6) is 0 Å². The van der Waals surface area contributed by atoms with Crippen LogP contribution < -0.4 is 5.32 Å². The highest BCUT2D eigenvalue weighted by molar-refractivity contribution is 9.10. The Morgan fingerprint density at radius 1 is 1.05 bits per heavy atom. The zero-order valence-corrected chi connectivity index (χ0v) is 12.9. The molecule has 0 unspecified atom stereocenters. The van der Waals surface area contributed by atoms with E-state index in [2.05, 4.69) is 83.6 Å². The van der Waals surface area contributed by atoms with Crippen molar-refractivity contribution < 1.29 is 0 Å². The van der Waals surface area contributed by atoms with E-state index in [1.165, 1.54) is 21.2 Å². The van der Waals surface area contributed by atoms with Gasteiger partial charge in [0.25, 0.3) is 0 Å². The Morgan fingerprint density at radius 3 is 2.32 bits per heavy atom. The second-order valence-electron chi connectivity index (χ2n) is 4.62. The lowest BCUT2D eigenvalue weighted by atomic mass is 10.1. The fourth-order valence-electron chi connectivity index (χ4n) is 1.98. The van der Waals surface area contributed by atoms with Crippen LogP contribution in [0.25, 0.3) is 6.08 Å². The third kappa shape index (κ3) is 3.97. The van der Waals surface area contributed by atoms with Gasteiger partial charge in [-0.25, -0.2) is 0 Å².